The quantitative estimate of drug-likeness (QED) is 0.279. The fraction of sp³-hybridized carbons (Fsp3) is 0.946. The monoisotopic (exact) mass is 662 g/mol. The van der Waals surface area contributed by atoms with Crippen molar-refractivity contribution in [1.29, 1.82) is 0 Å². The number of fused-ring (bicyclic) bond motifs is 4. The van der Waals surface area contributed by atoms with E-state index in [4.69, 9.17) is 23.7 Å². The van der Waals surface area contributed by atoms with Crippen molar-refractivity contribution >= 4 is 0 Å². The number of allylic oxidation sites excluding steroid dienone is 1. The van der Waals surface area contributed by atoms with Gasteiger partial charge in [-0.3, -0.25) is 0 Å². The molecule has 4 saturated carbocycles. The minimum absolute atomic E-state index is 0.00706. The Hall–Kier alpha value is -0.660. The summed E-state index contributed by atoms with van der Waals surface area (Å²) >= 11 is 0. The van der Waals surface area contributed by atoms with Gasteiger partial charge < -0.3 is 49.2 Å². The molecule has 0 aromatic carbocycles. The molecule has 5 N–H and O–H groups in total. The van der Waals surface area contributed by atoms with Crippen LogP contribution in [0, 0.1) is 44.8 Å². The zero-order chi connectivity index (χ0) is 33.9. The Morgan fingerprint density at radius 3 is 2.38 bits per heavy atom. The predicted octanol–water partition coefficient (Wildman–Crippen LogP) is 3.06. The third kappa shape index (κ3) is 3.77. The first kappa shape index (κ1) is 33.5. The second-order valence-electron chi connectivity index (χ2n) is 18.4. The maximum Gasteiger partial charge on any atom is 0.199 e. The van der Waals surface area contributed by atoms with Gasteiger partial charge in [0.15, 0.2) is 12.1 Å². The van der Waals surface area contributed by atoms with Crippen molar-refractivity contribution in [2.45, 2.75) is 160 Å². The van der Waals surface area contributed by atoms with Gasteiger partial charge in [0.1, 0.15) is 36.6 Å². The normalized spacial score (nSPS) is 58.9. The maximum atomic E-state index is 12.7. The first-order valence-corrected chi connectivity index (χ1v) is 18.2. The Labute approximate surface area is 279 Å². The van der Waals surface area contributed by atoms with Crippen LogP contribution in [0.4, 0.5) is 0 Å². The summed E-state index contributed by atoms with van der Waals surface area (Å²) in [4.78, 5) is 0. The molecular formula is C37H58O10. The molecule has 3 spiro atoms. The van der Waals surface area contributed by atoms with Crippen LogP contribution in [0.2, 0.25) is 0 Å². The summed E-state index contributed by atoms with van der Waals surface area (Å²) in [7, 11) is 1.72. The van der Waals surface area contributed by atoms with Crippen molar-refractivity contribution in [2.75, 3.05) is 13.7 Å². The van der Waals surface area contributed by atoms with Crippen LogP contribution in [-0.2, 0) is 23.7 Å². The van der Waals surface area contributed by atoms with E-state index >= 15 is 0 Å². The molecule has 7 fully saturated rings. The first-order valence-electron chi connectivity index (χ1n) is 18.2. The largest absolute Gasteiger partial charge is 0.394 e. The highest BCUT2D eigenvalue weighted by atomic mass is 16.8. The molecule has 3 saturated heterocycles. The van der Waals surface area contributed by atoms with Gasteiger partial charge in [-0.25, -0.2) is 0 Å². The number of aliphatic hydroxyl groups is 5. The zero-order valence-corrected chi connectivity index (χ0v) is 29.4. The van der Waals surface area contributed by atoms with E-state index in [1.165, 1.54) is 5.57 Å². The number of aliphatic hydroxyl groups excluding tert-OH is 5. The molecule has 8 aliphatic rings. The van der Waals surface area contributed by atoms with Crippen LogP contribution in [0.15, 0.2) is 11.6 Å². The Morgan fingerprint density at radius 2 is 1.70 bits per heavy atom. The van der Waals surface area contributed by atoms with Crippen molar-refractivity contribution in [3.8, 4) is 0 Å². The van der Waals surface area contributed by atoms with Crippen LogP contribution >= 0.6 is 0 Å². The molecule has 0 radical (unpaired) electrons. The predicted molar refractivity (Wildman–Crippen MR) is 170 cm³/mol. The van der Waals surface area contributed by atoms with Gasteiger partial charge in [0.2, 0.25) is 0 Å². The highest BCUT2D eigenvalue weighted by Gasteiger charge is 2.86. The molecule has 17 atom stereocenters. The number of methoxy groups -OCH3 is 1. The van der Waals surface area contributed by atoms with Crippen molar-refractivity contribution in [3.63, 3.8) is 0 Å². The van der Waals surface area contributed by atoms with Gasteiger partial charge in [0.05, 0.1) is 24.4 Å². The molecule has 0 aromatic rings. The van der Waals surface area contributed by atoms with Crippen molar-refractivity contribution in [2.24, 2.45) is 44.8 Å². The highest BCUT2D eigenvalue weighted by molar-refractivity contribution is 5.48. The van der Waals surface area contributed by atoms with E-state index in [0.29, 0.717) is 11.8 Å². The fourth-order valence-corrected chi connectivity index (χ4v) is 13.5. The van der Waals surface area contributed by atoms with Crippen molar-refractivity contribution in [1.82, 2.24) is 0 Å². The molecule has 47 heavy (non-hydrogen) atoms. The van der Waals surface area contributed by atoms with Gasteiger partial charge in [-0.1, -0.05) is 46.3 Å². The van der Waals surface area contributed by atoms with Crippen molar-refractivity contribution < 1.29 is 49.2 Å². The Kier molecular flexibility index (Phi) is 7.14. The summed E-state index contributed by atoms with van der Waals surface area (Å²) in [6.07, 6.45) is 1.31. The molecule has 5 aliphatic carbocycles. The minimum Gasteiger partial charge on any atom is -0.394 e. The third-order valence-corrected chi connectivity index (χ3v) is 16.1. The smallest absolute Gasteiger partial charge is 0.199 e. The topological polar surface area (TPSA) is 147 Å². The van der Waals surface area contributed by atoms with Gasteiger partial charge >= 0.3 is 0 Å². The zero-order valence-electron chi connectivity index (χ0n) is 29.4. The molecule has 2 bridgehead atoms. The molecule has 3 aliphatic heterocycles. The number of hydrogen-bond donors (Lipinski definition) is 5. The summed E-state index contributed by atoms with van der Waals surface area (Å²) in [6.45, 7) is 15.2. The maximum absolute atomic E-state index is 12.7. The van der Waals surface area contributed by atoms with Crippen LogP contribution in [0.25, 0.3) is 0 Å². The Bertz CT molecular complexity index is 1330. The van der Waals surface area contributed by atoms with E-state index < -0.39 is 60.2 Å². The van der Waals surface area contributed by atoms with Crippen LogP contribution in [0.3, 0.4) is 0 Å². The first-order chi connectivity index (χ1) is 21.9. The standard InChI is InChI=1S/C37H58O10/c1-18-15-19-28(32(4,5)43-8)47-37(46-19)27(18)33(6)13-14-36-17-35(36)12-11-23(45-29-26(41)25(40)24(39)20(16-38)44-29)31(2,3)21(35)9-10-22(36)34(33,7)30(37)42/h10,18-21,23-30,38-42H,9,11-17H2,1-8H3/t18-,19?,20-,21+,23+,24+,25+,26-,27-,28?,29+,30?,33-,34-,35-,36+,37?/m1/s1. The van der Waals surface area contributed by atoms with Crippen molar-refractivity contribution in [3.05, 3.63) is 11.6 Å². The van der Waals surface area contributed by atoms with E-state index in [1.54, 1.807) is 7.11 Å². The molecule has 8 rings (SSSR count). The molecule has 10 nitrogen and oxygen atoms in total. The van der Waals surface area contributed by atoms with Gasteiger partial charge in [-0.2, -0.15) is 0 Å². The average Bonchev–Trinajstić information content (AvgIpc) is 3.54. The highest BCUT2D eigenvalue weighted by Crippen LogP contribution is 2.89. The second kappa shape index (κ2) is 10.0. The van der Waals surface area contributed by atoms with E-state index in [-0.39, 0.29) is 45.9 Å². The van der Waals surface area contributed by atoms with Gasteiger partial charge in [-0.15, -0.1) is 0 Å². The number of hydrogen-bond acceptors (Lipinski definition) is 10. The van der Waals surface area contributed by atoms with Crippen LogP contribution in [-0.4, -0.2) is 106 Å². The third-order valence-electron chi connectivity index (χ3n) is 16.1. The SMILES string of the molecule is COC(C)(C)C1OC23OC1C[C@@H](C)[C@@H]2[C@@]1(C)CC[C@@]24C[C@@]25CC[C@H](O[C@@H]2O[C@H](CO)[C@H](O)[C@H](O)[C@H]2O)C(C)(C)[C@@H]5CC=C4[C@]1(C)C3O. The summed E-state index contributed by atoms with van der Waals surface area (Å²) in [6, 6.07) is 0. The van der Waals surface area contributed by atoms with E-state index in [9.17, 15) is 25.5 Å². The van der Waals surface area contributed by atoms with Gasteiger partial charge in [0.25, 0.3) is 0 Å². The molecular weight excluding hydrogens is 604 g/mol. The Morgan fingerprint density at radius 1 is 0.979 bits per heavy atom. The van der Waals surface area contributed by atoms with Crippen LogP contribution in [0.1, 0.15) is 93.4 Å². The lowest BCUT2D eigenvalue weighted by atomic mass is 9.44. The average molecular weight is 663 g/mol. The van der Waals surface area contributed by atoms with Crippen LogP contribution < -0.4 is 0 Å². The minimum atomic E-state index is -1.46. The van der Waals surface area contributed by atoms with Crippen LogP contribution in [0.5, 0.6) is 0 Å². The second-order valence-corrected chi connectivity index (χ2v) is 18.4. The number of ether oxygens (including phenoxy) is 5. The number of rotatable bonds is 5. The molecule has 4 unspecified atom stereocenters. The summed E-state index contributed by atoms with van der Waals surface area (Å²) in [5.41, 5.74) is -0.00305. The molecule has 0 amide bonds. The molecule has 10 heteroatoms. The summed E-state index contributed by atoms with van der Waals surface area (Å²) in [5.74, 6) is -0.341. The lowest BCUT2D eigenvalue weighted by Crippen LogP contribution is -2.61. The van der Waals surface area contributed by atoms with E-state index in [0.717, 1.165) is 44.9 Å². The lowest BCUT2D eigenvalue weighted by Gasteiger charge is -2.60. The van der Waals surface area contributed by atoms with E-state index in [2.05, 4.69) is 54.5 Å². The van der Waals surface area contributed by atoms with E-state index in [1.807, 2.05) is 0 Å². The molecule has 266 valence electrons. The summed E-state index contributed by atoms with van der Waals surface area (Å²) < 4.78 is 32.1. The van der Waals surface area contributed by atoms with Gasteiger partial charge in [-0.05, 0) is 92.3 Å². The molecule has 3 heterocycles. The van der Waals surface area contributed by atoms with Gasteiger partial charge in [0, 0.05) is 18.4 Å². The summed E-state index contributed by atoms with van der Waals surface area (Å²) in [5, 5.41) is 53.9. The fourth-order valence-electron chi connectivity index (χ4n) is 13.5. The Balaban J connectivity index is 1.12. The molecule has 0 aromatic heterocycles. The lowest BCUT2D eigenvalue weighted by molar-refractivity contribution is -0.325.